The van der Waals surface area contributed by atoms with E-state index in [0.717, 1.165) is 48.8 Å². The molecule has 0 aliphatic heterocycles. The number of halogens is 2. The summed E-state index contributed by atoms with van der Waals surface area (Å²) >= 11 is 6.78. The lowest BCUT2D eigenvalue weighted by molar-refractivity contribution is -0.134. The molecule has 0 atom stereocenters. The predicted octanol–water partition coefficient (Wildman–Crippen LogP) is 4.71. The Morgan fingerprint density at radius 1 is 1.12 bits per heavy atom. The van der Waals surface area contributed by atoms with Gasteiger partial charge >= 0.3 is 5.97 Å². The second-order valence-corrected chi connectivity index (χ2v) is 5.79. The lowest BCUT2D eigenvalue weighted by atomic mass is 10.2. The molecule has 2 nitrogen and oxygen atoms in total. The fourth-order valence-electron chi connectivity index (χ4n) is 2.00. The van der Waals surface area contributed by atoms with Gasteiger partial charge in [-0.1, -0.05) is 6.08 Å². The van der Waals surface area contributed by atoms with Gasteiger partial charge in [-0.15, -0.1) is 0 Å². The van der Waals surface area contributed by atoms with Crippen molar-refractivity contribution in [2.24, 2.45) is 0 Å². The Labute approximate surface area is 118 Å². The van der Waals surface area contributed by atoms with E-state index in [1.807, 2.05) is 6.08 Å². The third-order valence-corrected chi connectivity index (χ3v) is 5.08. The molecule has 0 radical (unpaired) electrons. The van der Waals surface area contributed by atoms with Crippen LogP contribution in [0.3, 0.4) is 0 Å². The number of allylic oxidation sites excluding steroid dienone is 5. The molecule has 2 aliphatic rings. The number of carbonyl (C=O) groups excluding carboxylic acids is 1. The minimum atomic E-state index is -0.308. The second-order valence-electron chi connectivity index (χ2n) is 4.20. The van der Waals surface area contributed by atoms with Crippen molar-refractivity contribution in [2.45, 2.75) is 38.5 Å². The average molecular weight is 362 g/mol. The highest BCUT2D eigenvalue weighted by atomic mass is 79.9. The zero-order valence-corrected chi connectivity index (χ0v) is 12.6. The van der Waals surface area contributed by atoms with Crippen LogP contribution in [0.25, 0.3) is 0 Å². The molecule has 0 aromatic rings. The van der Waals surface area contributed by atoms with Gasteiger partial charge in [-0.2, -0.15) is 0 Å². The summed E-state index contributed by atoms with van der Waals surface area (Å²) in [4.78, 5) is 11.9. The van der Waals surface area contributed by atoms with Crippen LogP contribution in [0.2, 0.25) is 0 Å². The van der Waals surface area contributed by atoms with Crippen molar-refractivity contribution in [3.8, 4) is 0 Å². The smallest absolute Gasteiger partial charge is 0.351 e. The van der Waals surface area contributed by atoms with E-state index in [4.69, 9.17) is 4.74 Å². The van der Waals surface area contributed by atoms with E-state index >= 15 is 0 Å². The van der Waals surface area contributed by atoms with Crippen LogP contribution < -0.4 is 0 Å². The summed E-state index contributed by atoms with van der Waals surface area (Å²) in [5, 5.41) is 0. The van der Waals surface area contributed by atoms with Gasteiger partial charge in [0.1, 0.15) is 10.2 Å². The number of carbonyl (C=O) groups is 1. The first-order chi connectivity index (χ1) is 8.18. The average Bonchev–Trinajstić information content (AvgIpc) is 2.99. The molecular weight excluding hydrogens is 348 g/mol. The first-order valence-electron chi connectivity index (χ1n) is 5.84. The van der Waals surface area contributed by atoms with Gasteiger partial charge in [0, 0.05) is 10.9 Å². The molecule has 0 saturated heterocycles. The predicted molar refractivity (Wildman–Crippen MR) is 74.8 cm³/mol. The normalized spacial score (nSPS) is 20.8. The maximum Gasteiger partial charge on any atom is 0.351 e. The van der Waals surface area contributed by atoms with E-state index in [1.165, 1.54) is 5.57 Å². The van der Waals surface area contributed by atoms with Crippen molar-refractivity contribution in [2.75, 3.05) is 0 Å². The molecule has 17 heavy (non-hydrogen) atoms. The highest BCUT2D eigenvalue weighted by Crippen LogP contribution is 2.34. The summed E-state index contributed by atoms with van der Waals surface area (Å²) < 4.78 is 6.63. The highest BCUT2D eigenvalue weighted by molar-refractivity contribution is 9.14. The quantitative estimate of drug-likeness (QED) is 0.537. The molecule has 0 N–H and O–H groups in total. The molecule has 0 spiro atoms. The van der Waals surface area contributed by atoms with Gasteiger partial charge in [0.2, 0.25) is 0 Å². The molecule has 2 rings (SSSR count). The van der Waals surface area contributed by atoms with Crippen LogP contribution in [-0.2, 0) is 9.53 Å². The van der Waals surface area contributed by atoms with Crippen molar-refractivity contribution in [3.05, 3.63) is 32.4 Å². The van der Waals surface area contributed by atoms with Crippen LogP contribution in [0.5, 0.6) is 0 Å². The highest BCUT2D eigenvalue weighted by Gasteiger charge is 2.19. The van der Waals surface area contributed by atoms with Crippen molar-refractivity contribution in [1.82, 2.24) is 0 Å². The summed E-state index contributed by atoms with van der Waals surface area (Å²) in [5.74, 6) is 0.491. The second kappa shape index (κ2) is 6.01. The molecule has 0 fully saturated rings. The van der Waals surface area contributed by atoms with Crippen LogP contribution in [0.15, 0.2) is 32.4 Å². The topological polar surface area (TPSA) is 26.3 Å². The van der Waals surface area contributed by atoms with E-state index in [0.29, 0.717) is 4.48 Å². The summed E-state index contributed by atoms with van der Waals surface area (Å²) in [6.07, 6.45) is 10.4. The van der Waals surface area contributed by atoms with Gasteiger partial charge in [-0.25, -0.2) is 4.79 Å². The van der Waals surface area contributed by atoms with E-state index < -0.39 is 0 Å². The molecule has 4 heteroatoms. The van der Waals surface area contributed by atoms with Gasteiger partial charge < -0.3 is 4.74 Å². The summed E-state index contributed by atoms with van der Waals surface area (Å²) in [6.45, 7) is 0. The minimum absolute atomic E-state index is 0.308. The fourth-order valence-corrected chi connectivity index (χ4v) is 2.86. The maximum absolute atomic E-state index is 11.9. The monoisotopic (exact) mass is 360 g/mol. The van der Waals surface area contributed by atoms with Crippen LogP contribution in [0.1, 0.15) is 38.5 Å². The van der Waals surface area contributed by atoms with Gasteiger partial charge in [0.25, 0.3) is 0 Å². The summed E-state index contributed by atoms with van der Waals surface area (Å²) in [7, 11) is 0. The molecule has 0 aromatic carbocycles. The lowest BCUT2D eigenvalue weighted by Crippen LogP contribution is -2.04. The first-order valence-corrected chi connectivity index (χ1v) is 7.43. The van der Waals surface area contributed by atoms with Gasteiger partial charge in [0.15, 0.2) is 0 Å². The van der Waals surface area contributed by atoms with Gasteiger partial charge in [0.05, 0.1) is 0 Å². The molecule has 0 aromatic heterocycles. The summed E-state index contributed by atoms with van der Waals surface area (Å²) in [6, 6.07) is 0. The van der Waals surface area contributed by atoms with E-state index in [2.05, 4.69) is 37.9 Å². The van der Waals surface area contributed by atoms with Gasteiger partial charge in [-0.05, 0) is 75.6 Å². The number of esters is 1. The Morgan fingerprint density at radius 3 is 2.41 bits per heavy atom. The molecular formula is C13H14Br2O2. The minimum Gasteiger partial charge on any atom is -0.427 e. The van der Waals surface area contributed by atoms with E-state index in [1.54, 1.807) is 0 Å². The standard InChI is InChI=1S/C13H14Br2O2/c14-11(9-5-1-2-6-9)12(15)13(16)17-10-7-3-4-8-10/h5,7H,1-4,6,8H2. The lowest BCUT2D eigenvalue weighted by Gasteiger charge is -2.07. The fraction of sp³-hybridized carbons (Fsp3) is 0.462. The molecule has 0 bridgehead atoms. The molecule has 2 aliphatic carbocycles. The van der Waals surface area contributed by atoms with Gasteiger partial charge in [-0.3, -0.25) is 0 Å². The summed E-state index contributed by atoms with van der Waals surface area (Å²) in [5.41, 5.74) is 1.19. The molecule has 0 heterocycles. The zero-order chi connectivity index (χ0) is 12.3. The van der Waals surface area contributed by atoms with Crippen molar-refractivity contribution in [1.29, 1.82) is 0 Å². The Hall–Kier alpha value is -0.350. The van der Waals surface area contributed by atoms with E-state index in [9.17, 15) is 4.79 Å². The third-order valence-electron chi connectivity index (χ3n) is 2.92. The zero-order valence-electron chi connectivity index (χ0n) is 9.47. The van der Waals surface area contributed by atoms with Crippen LogP contribution in [-0.4, -0.2) is 5.97 Å². The number of ether oxygens (including phenoxy) is 1. The Balaban J connectivity index is 2.04. The molecule has 0 amide bonds. The number of hydrogen-bond acceptors (Lipinski definition) is 2. The number of hydrogen-bond donors (Lipinski definition) is 0. The molecule has 0 unspecified atom stereocenters. The van der Waals surface area contributed by atoms with Crippen LogP contribution in [0, 0.1) is 0 Å². The Kier molecular flexibility index (Phi) is 4.62. The first kappa shape index (κ1) is 13.1. The van der Waals surface area contributed by atoms with Crippen LogP contribution >= 0.6 is 31.9 Å². The third kappa shape index (κ3) is 3.32. The Bertz CT molecular complexity index is 419. The number of rotatable bonds is 3. The maximum atomic E-state index is 11.9. The molecule has 0 saturated carbocycles. The van der Waals surface area contributed by atoms with Crippen molar-refractivity contribution >= 4 is 37.8 Å². The van der Waals surface area contributed by atoms with Crippen LogP contribution in [0.4, 0.5) is 0 Å². The largest absolute Gasteiger partial charge is 0.427 e. The van der Waals surface area contributed by atoms with Crippen molar-refractivity contribution < 1.29 is 9.53 Å². The Morgan fingerprint density at radius 2 is 1.82 bits per heavy atom. The SMILES string of the molecule is O=C(OC1=CCCC1)C(Br)=C(Br)C1=CCCC1. The molecule has 92 valence electrons. The van der Waals surface area contributed by atoms with E-state index in [-0.39, 0.29) is 5.97 Å². The van der Waals surface area contributed by atoms with Crippen molar-refractivity contribution in [3.63, 3.8) is 0 Å².